The number of carbonyl (C=O) groups is 2. The standard InChI is InChI=1S/C20H16ClN5O5/c1-2-25-20(29)14-6-4-3-5-13(14)18(24-25)19(28)23-22-17(27)10-8-12-7-9-15(21)16(11-12)26(30)31/h3-11H,2H2,1H3,(H,22,27)(H,23,28)/b10-8+. The summed E-state index contributed by atoms with van der Waals surface area (Å²) in [4.78, 5) is 47.2. The molecule has 0 bridgehead atoms. The van der Waals surface area contributed by atoms with E-state index < -0.39 is 16.7 Å². The molecule has 0 spiro atoms. The van der Waals surface area contributed by atoms with Gasteiger partial charge in [-0.05, 0) is 30.7 Å². The summed E-state index contributed by atoms with van der Waals surface area (Å²) in [7, 11) is 0. The number of fused-ring (bicyclic) bond motifs is 1. The number of aromatic nitrogens is 2. The van der Waals surface area contributed by atoms with Crippen LogP contribution in [0.5, 0.6) is 0 Å². The van der Waals surface area contributed by atoms with E-state index in [4.69, 9.17) is 11.6 Å². The van der Waals surface area contributed by atoms with E-state index in [9.17, 15) is 24.5 Å². The number of aryl methyl sites for hydroxylation is 1. The molecule has 0 aliphatic carbocycles. The zero-order valence-corrected chi connectivity index (χ0v) is 16.9. The van der Waals surface area contributed by atoms with E-state index in [0.717, 1.165) is 10.8 Å². The first kappa shape index (κ1) is 21.7. The van der Waals surface area contributed by atoms with Crippen molar-refractivity contribution < 1.29 is 14.5 Å². The zero-order chi connectivity index (χ0) is 22.5. The number of nitro benzene ring substituents is 1. The van der Waals surface area contributed by atoms with Gasteiger partial charge in [-0.2, -0.15) is 5.10 Å². The molecule has 2 N–H and O–H groups in total. The molecule has 0 fully saturated rings. The molecular formula is C20H16ClN5O5. The summed E-state index contributed by atoms with van der Waals surface area (Å²) in [6.45, 7) is 1.99. The molecular weight excluding hydrogens is 426 g/mol. The molecule has 3 rings (SSSR count). The van der Waals surface area contributed by atoms with Gasteiger partial charge in [0.15, 0.2) is 5.69 Å². The number of amides is 2. The van der Waals surface area contributed by atoms with Crippen molar-refractivity contribution in [2.24, 2.45) is 0 Å². The number of hydrogen-bond donors (Lipinski definition) is 2. The maximum atomic E-state index is 12.6. The SMILES string of the molecule is CCn1nc(C(=O)NNC(=O)/C=C/c2ccc(Cl)c([N+](=O)[O-])c2)c2ccccc2c1=O. The summed E-state index contributed by atoms with van der Waals surface area (Å²) < 4.78 is 1.16. The van der Waals surface area contributed by atoms with Gasteiger partial charge in [0.1, 0.15) is 5.02 Å². The normalized spacial score (nSPS) is 10.9. The first-order valence-corrected chi connectivity index (χ1v) is 9.41. The van der Waals surface area contributed by atoms with Crippen LogP contribution < -0.4 is 16.4 Å². The number of halogens is 1. The fraction of sp³-hybridized carbons (Fsp3) is 0.100. The number of hydrazine groups is 1. The quantitative estimate of drug-likeness (QED) is 0.354. The van der Waals surface area contributed by atoms with Crippen molar-refractivity contribution in [2.45, 2.75) is 13.5 Å². The predicted octanol–water partition coefficient (Wildman–Crippen LogP) is 2.45. The Morgan fingerprint density at radius 2 is 1.90 bits per heavy atom. The Kier molecular flexibility index (Phi) is 6.41. The van der Waals surface area contributed by atoms with Crippen LogP contribution in [0, 0.1) is 10.1 Å². The molecule has 31 heavy (non-hydrogen) atoms. The molecule has 0 saturated heterocycles. The molecule has 3 aromatic rings. The van der Waals surface area contributed by atoms with Crippen molar-refractivity contribution in [3.63, 3.8) is 0 Å². The minimum atomic E-state index is -0.706. The molecule has 1 aromatic heterocycles. The van der Waals surface area contributed by atoms with Crippen LogP contribution in [-0.4, -0.2) is 26.5 Å². The Balaban J connectivity index is 1.74. The number of benzene rings is 2. The van der Waals surface area contributed by atoms with Gasteiger partial charge in [0.25, 0.3) is 23.1 Å². The van der Waals surface area contributed by atoms with E-state index in [1.807, 2.05) is 0 Å². The highest BCUT2D eigenvalue weighted by molar-refractivity contribution is 6.32. The molecule has 10 nitrogen and oxygen atoms in total. The maximum absolute atomic E-state index is 12.6. The Morgan fingerprint density at radius 1 is 1.19 bits per heavy atom. The number of nitrogens with zero attached hydrogens (tertiary/aromatic N) is 3. The van der Waals surface area contributed by atoms with E-state index >= 15 is 0 Å². The zero-order valence-electron chi connectivity index (χ0n) is 16.2. The van der Waals surface area contributed by atoms with Crippen LogP contribution in [0.4, 0.5) is 5.69 Å². The first-order valence-electron chi connectivity index (χ1n) is 9.04. The summed E-state index contributed by atoms with van der Waals surface area (Å²) >= 11 is 5.75. The van der Waals surface area contributed by atoms with Gasteiger partial charge >= 0.3 is 0 Å². The van der Waals surface area contributed by atoms with Crippen molar-refractivity contribution >= 4 is 46.0 Å². The summed E-state index contributed by atoms with van der Waals surface area (Å²) in [5.74, 6) is -1.39. The Bertz CT molecular complexity index is 1280. The third-order valence-electron chi connectivity index (χ3n) is 4.28. The minimum Gasteiger partial charge on any atom is -0.268 e. The van der Waals surface area contributed by atoms with Crippen LogP contribution in [0.2, 0.25) is 5.02 Å². The van der Waals surface area contributed by atoms with Gasteiger partial charge in [0.2, 0.25) is 0 Å². The largest absolute Gasteiger partial charge is 0.290 e. The fourth-order valence-electron chi connectivity index (χ4n) is 2.78. The molecule has 0 aliphatic heterocycles. The number of nitrogens with one attached hydrogen (secondary N) is 2. The summed E-state index contributed by atoms with van der Waals surface area (Å²) in [6.07, 6.45) is 2.42. The van der Waals surface area contributed by atoms with Gasteiger partial charge in [0.05, 0.1) is 10.3 Å². The third kappa shape index (κ3) is 4.75. The molecule has 1 heterocycles. The average molecular weight is 442 g/mol. The lowest BCUT2D eigenvalue weighted by Crippen LogP contribution is -2.42. The summed E-state index contributed by atoms with van der Waals surface area (Å²) in [5, 5.41) is 15.7. The van der Waals surface area contributed by atoms with Gasteiger partial charge in [-0.25, -0.2) is 4.68 Å². The Morgan fingerprint density at radius 3 is 2.58 bits per heavy atom. The second-order valence-electron chi connectivity index (χ2n) is 6.26. The van der Waals surface area contributed by atoms with Crippen molar-refractivity contribution in [1.82, 2.24) is 20.6 Å². The number of carbonyl (C=O) groups excluding carboxylic acids is 2. The monoisotopic (exact) mass is 441 g/mol. The third-order valence-corrected chi connectivity index (χ3v) is 4.60. The van der Waals surface area contributed by atoms with Gasteiger partial charge in [-0.1, -0.05) is 35.9 Å². The second kappa shape index (κ2) is 9.18. The van der Waals surface area contributed by atoms with E-state index in [0.29, 0.717) is 16.3 Å². The highest BCUT2D eigenvalue weighted by atomic mass is 35.5. The van der Waals surface area contributed by atoms with Crippen molar-refractivity contribution in [2.75, 3.05) is 0 Å². The van der Waals surface area contributed by atoms with E-state index in [1.54, 1.807) is 31.2 Å². The minimum absolute atomic E-state index is 0.0188. The lowest BCUT2D eigenvalue weighted by atomic mass is 10.1. The molecule has 11 heteroatoms. The smallest absolute Gasteiger partial charge is 0.268 e. The van der Waals surface area contributed by atoms with E-state index in [1.165, 1.54) is 24.3 Å². The highest BCUT2D eigenvalue weighted by Crippen LogP contribution is 2.25. The second-order valence-corrected chi connectivity index (χ2v) is 6.67. The lowest BCUT2D eigenvalue weighted by molar-refractivity contribution is -0.384. The van der Waals surface area contributed by atoms with Gasteiger partial charge in [-0.15, -0.1) is 0 Å². The number of hydrogen-bond acceptors (Lipinski definition) is 6. The Labute approximate surface area is 180 Å². The van der Waals surface area contributed by atoms with Crippen molar-refractivity contribution in [3.05, 3.63) is 85.3 Å². The highest BCUT2D eigenvalue weighted by Gasteiger charge is 2.16. The summed E-state index contributed by atoms with van der Waals surface area (Å²) in [5.41, 5.74) is 4.19. The average Bonchev–Trinajstić information content (AvgIpc) is 2.77. The molecule has 2 aromatic carbocycles. The molecule has 0 atom stereocenters. The molecule has 0 radical (unpaired) electrons. The van der Waals surface area contributed by atoms with Crippen LogP contribution >= 0.6 is 11.6 Å². The van der Waals surface area contributed by atoms with Gasteiger partial charge < -0.3 is 0 Å². The van der Waals surface area contributed by atoms with Crippen LogP contribution in [0.15, 0.2) is 53.3 Å². The molecule has 0 saturated carbocycles. The molecule has 0 aliphatic rings. The van der Waals surface area contributed by atoms with Gasteiger partial charge in [-0.3, -0.25) is 35.3 Å². The molecule has 0 unspecified atom stereocenters. The van der Waals surface area contributed by atoms with Crippen LogP contribution in [-0.2, 0) is 11.3 Å². The first-order chi connectivity index (χ1) is 14.8. The van der Waals surface area contributed by atoms with Gasteiger partial charge in [0, 0.05) is 24.1 Å². The van der Waals surface area contributed by atoms with E-state index in [-0.39, 0.29) is 28.5 Å². The Hall–Kier alpha value is -4.05. The fourth-order valence-corrected chi connectivity index (χ4v) is 2.97. The summed E-state index contributed by atoms with van der Waals surface area (Å²) in [6, 6.07) is 10.6. The van der Waals surface area contributed by atoms with E-state index in [2.05, 4.69) is 16.0 Å². The molecule has 158 valence electrons. The molecule has 2 amide bonds. The van der Waals surface area contributed by atoms with Crippen molar-refractivity contribution in [3.8, 4) is 0 Å². The number of nitro groups is 1. The van der Waals surface area contributed by atoms with Crippen molar-refractivity contribution in [1.29, 1.82) is 0 Å². The topological polar surface area (TPSA) is 136 Å². The van der Waals surface area contributed by atoms with Crippen LogP contribution in [0.25, 0.3) is 16.8 Å². The number of rotatable bonds is 5. The predicted molar refractivity (Wildman–Crippen MR) is 114 cm³/mol. The van der Waals surface area contributed by atoms with Crippen LogP contribution in [0.3, 0.4) is 0 Å². The maximum Gasteiger partial charge on any atom is 0.290 e. The van der Waals surface area contributed by atoms with Crippen LogP contribution in [0.1, 0.15) is 23.0 Å². The lowest BCUT2D eigenvalue weighted by Gasteiger charge is -2.10.